The van der Waals surface area contributed by atoms with Gasteiger partial charge in [0.15, 0.2) is 10.9 Å². The van der Waals surface area contributed by atoms with Crippen LogP contribution in [0, 0.1) is 13.8 Å². The minimum Gasteiger partial charge on any atom is -0.452 e. The van der Waals surface area contributed by atoms with E-state index in [0.717, 1.165) is 22.4 Å². The van der Waals surface area contributed by atoms with Gasteiger partial charge in [-0.3, -0.25) is 14.5 Å². The van der Waals surface area contributed by atoms with Crippen LogP contribution < -0.4 is 10.2 Å². The normalized spacial score (nSPS) is 14.3. The van der Waals surface area contributed by atoms with Gasteiger partial charge in [-0.25, -0.2) is 4.79 Å². The molecule has 2 amide bonds. The summed E-state index contributed by atoms with van der Waals surface area (Å²) < 4.78 is 5.58. The Labute approximate surface area is 213 Å². The Morgan fingerprint density at radius 1 is 0.943 bits per heavy atom. The van der Waals surface area contributed by atoms with Crippen LogP contribution in [-0.4, -0.2) is 28.7 Å². The molecule has 0 radical (unpaired) electrons. The molecule has 0 atom stereocenters. The van der Waals surface area contributed by atoms with Gasteiger partial charge in [-0.15, -0.1) is 0 Å². The highest BCUT2D eigenvalue weighted by Gasteiger charge is 2.33. The van der Waals surface area contributed by atoms with Crippen molar-refractivity contribution in [3.05, 3.63) is 100.0 Å². The smallest absolute Gasteiger partial charge is 0.338 e. The number of aryl methyl sites for hydroxylation is 2. The van der Waals surface area contributed by atoms with E-state index in [0.29, 0.717) is 20.5 Å². The minimum absolute atomic E-state index is 0.188. The van der Waals surface area contributed by atoms with Crippen LogP contribution in [0.2, 0.25) is 0 Å². The van der Waals surface area contributed by atoms with E-state index in [2.05, 4.69) is 5.32 Å². The van der Waals surface area contributed by atoms with Crippen molar-refractivity contribution in [2.45, 2.75) is 13.8 Å². The number of thioether (sulfide) groups is 1. The second-order valence-corrected chi connectivity index (χ2v) is 9.64. The summed E-state index contributed by atoms with van der Waals surface area (Å²) in [4.78, 5) is 39.3. The van der Waals surface area contributed by atoms with E-state index in [1.165, 1.54) is 16.7 Å². The van der Waals surface area contributed by atoms with Crippen molar-refractivity contribution in [3.8, 4) is 0 Å². The van der Waals surface area contributed by atoms with Crippen LogP contribution in [0.15, 0.2) is 77.7 Å². The topological polar surface area (TPSA) is 75.7 Å². The van der Waals surface area contributed by atoms with Gasteiger partial charge in [0.25, 0.3) is 11.8 Å². The number of nitrogens with one attached hydrogen (secondary N) is 1. The number of ether oxygens (including phenoxy) is 1. The van der Waals surface area contributed by atoms with Crippen molar-refractivity contribution in [1.82, 2.24) is 0 Å². The number of carbonyl (C=O) groups is 3. The number of benzene rings is 3. The molecule has 1 aliphatic rings. The molecule has 1 N–H and O–H groups in total. The van der Waals surface area contributed by atoms with Gasteiger partial charge in [0.2, 0.25) is 0 Å². The van der Waals surface area contributed by atoms with E-state index in [4.69, 9.17) is 17.0 Å². The second-order valence-electron chi connectivity index (χ2n) is 7.97. The van der Waals surface area contributed by atoms with Crippen LogP contribution in [0.1, 0.15) is 27.0 Å². The van der Waals surface area contributed by atoms with Crippen LogP contribution >= 0.6 is 24.0 Å². The van der Waals surface area contributed by atoms with Crippen LogP contribution in [0.4, 0.5) is 11.4 Å². The van der Waals surface area contributed by atoms with Crippen molar-refractivity contribution < 1.29 is 19.1 Å². The number of nitrogens with zero attached hydrogens (tertiary/aromatic N) is 1. The van der Waals surface area contributed by atoms with Gasteiger partial charge in [-0.1, -0.05) is 71.5 Å². The summed E-state index contributed by atoms with van der Waals surface area (Å²) in [5.41, 5.74) is 4.58. The molecular weight excluding hydrogens is 480 g/mol. The first kappa shape index (κ1) is 24.4. The number of carbonyl (C=O) groups excluding carboxylic acids is 3. The third kappa shape index (κ3) is 6.03. The van der Waals surface area contributed by atoms with Crippen molar-refractivity contribution in [2.24, 2.45) is 0 Å². The zero-order chi connectivity index (χ0) is 24.9. The number of rotatable bonds is 6. The molecule has 0 unspecified atom stereocenters. The molecule has 0 bridgehead atoms. The first-order chi connectivity index (χ1) is 16.8. The largest absolute Gasteiger partial charge is 0.452 e. The maximum absolute atomic E-state index is 12.9. The van der Waals surface area contributed by atoms with Crippen molar-refractivity contribution in [2.75, 3.05) is 16.8 Å². The Balaban J connectivity index is 1.36. The highest BCUT2D eigenvalue weighted by atomic mass is 32.2. The summed E-state index contributed by atoms with van der Waals surface area (Å²) in [7, 11) is 0. The lowest BCUT2D eigenvalue weighted by atomic mass is 10.1. The number of thiocarbonyl (C=S) groups is 1. The molecule has 8 heteroatoms. The Bertz CT molecular complexity index is 1310. The lowest BCUT2D eigenvalue weighted by Crippen LogP contribution is -2.27. The average molecular weight is 503 g/mol. The minimum atomic E-state index is -0.610. The molecule has 6 nitrogen and oxygen atoms in total. The summed E-state index contributed by atoms with van der Waals surface area (Å²) in [5, 5.41) is 2.68. The number of anilines is 2. The standard InChI is InChI=1S/C27H22N2O4S2/c1-17-3-11-21(12-4-17)28-24(30)16-33-26(32)20-9-7-19(8-10-20)15-23-25(31)29(27(34)35-23)22-13-5-18(2)6-14-22/h3-15H,16H2,1-2H3,(H,28,30)/b23-15+. The lowest BCUT2D eigenvalue weighted by molar-refractivity contribution is -0.119. The molecular formula is C27H22N2O4S2. The molecule has 3 aromatic carbocycles. The van der Waals surface area contributed by atoms with Crippen LogP contribution in [0.25, 0.3) is 6.08 Å². The predicted octanol–water partition coefficient (Wildman–Crippen LogP) is 5.50. The zero-order valence-corrected chi connectivity index (χ0v) is 20.7. The van der Waals surface area contributed by atoms with Gasteiger partial charge >= 0.3 is 5.97 Å². The highest BCUT2D eigenvalue weighted by molar-refractivity contribution is 8.27. The molecule has 1 fully saturated rings. The van der Waals surface area contributed by atoms with Gasteiger partial charge in [0.1, 0.15) is 0 Å². The first-order valence-electron chi connectivity index (χ1n) is 10.8. The van der Waals surface area contributed by atoms with Crippen LogP contribution in [0.3, 0.4) is 0 Å². The van der Waals surface area contributed by atoms with Crippen molar-refractivity contribution in [3.63, 3.8) is 0 Å². The number of hydrogen-bond donors (Lipinski definition) is 1. The van der Waals surface area contributed by atoms with E-state index in [-0.39, 0.29) is 5.91 Å². The van der Waals surface area contributed by atoms with E-state index in [1.54, 1.807) is 42.5 Å². The monoisotopic (exact) mass is 502 g/mol. The SMILES string of the molecule is Cc1ccc(NC(=O)COC(=O)c2ccc(/C=C3/SC(=S)N(c4ccc(C)cc4)C3=O)cc2)cc1. The Kier molecular flexibility index (Phi) is 7.43. The molecule has 0 aliphatic carbocycles. The molecule has 0 aromatic heterocycles. The summed E-state index contributed by atoms with van der Waals surface area (Å²) in [6.07, 6.45) is 1.73. The molecule has 4 rings (SSSR count). The molecule has 1 heterocycles. The maximum Gasteiger partial charge on any atom is 0.338 e. The number of hydrogen-bond acceptors (Lipinski definition) is 6. The summed E-state index contributed by atoms with van der Waals surface area (Å²) in [6.45, 7) is 3.54. The fourth-order valence-electron chi connectivity index (χ4n) is 3.30. The molecule has 3 aromatic rings. The quantitative estimate of drug-likeness (QED) is 0.272. The predicted molar refractivity (Wildman–Crippen MR) is 143 cm³/mol. The van der Waals surface area contributed by atoms with Gasteiger partial charge < -0.3 is 10.1 Å². The molecule has 0 saturated carbocycles. The van der Waals surface area contributed by atoms with E-state index < -0.39 is 18.5 Å². The van der Waals surface area contributed by atoms with Gasteiger partial charge in [0, 0.05) is 5.69 Å². The Morgan fingerprint density at radius 2 is 1.54 bits per heavy atom. The van der Waals surface area contributed by atoms with Crippen LogP contribution in [0.5, 0.6) is 0 Å². The first-order valence-corrected chi connectivity index (χ1v) is 12.0. The summed E-state index contributed by atoms with van der Waals surface area (Å²) >= 11 is 6.64. The van der Waals surface area contributed by atoms with Gasteiger partial charge in [-0.2, -0.15) is 0 Å². The molecule has 1 saturated heterocycles. The lowest BCUT2D eigenvalue weighted by Gasteiger charge is -2.14. The second kappa shape index (κ2) is 10.7. The fourth-order valence-corrected chi connectivity index (χ4v) is 4.60. The maximum atomic E-state index is 12.9. The van der Waals surface area contributed by atoms with Gasteiger partial charge in [0.05, 0.1) is 16.2 Å². The number of esters is 1. The van der Waals surface area contributed by atoms with Crippen molar-refractivity contribution >= 4 is 63.5 Å². The van der Waals surface area contributed by atoms with Gasteiger partial charge in [-0.05, 0) is 61.9 Å². The average Bonchev–Trinajstić information content (AvgIpc) is 3.12. The molecule has 35 heavy (non-hydrogen) atoms. The van der Waals surface area contributed by atoms with Crippen molar-refractivity contribution in [1.29, 1.82) is 0 Å². The molecule has 0 spiro atoms. The van der Waals surface area contributed by atoms with E-state index in [1.807, 2.05) is 50.2 Å². The number of amides is 2. The summed E-state index contributed by atoms with van der Waals surface area (Å²) in [6, 6.07) is 21.5. The van der Waals surface area contributed by atoms with Crippen LogP contribution in [-0.2, 0) is 14.3 Å². The molecule has 176 valence electrons. The third-order valence-corrected chi connectivity index (χ3v) is 6.50. The molecule has 1 aliphatic heterocycles. The summed E-state index contributed by atoms with van der Waals surface area (Å²) in [5.74, 6) is -1.22. The van der Waals surface area contributed by atoms with E-state index >= 15 is 0 Å². The Hall–Kier alpha value is -3.75. The third-order valence-electron chi connectivity index (χ3n) is 5.20. The fraction of sp³-hybridized carbons (Fsp3) is 0.111. The van der Waals surface area contributed by atoms with E-state index in [9.17, 15) is 14.4 Å². The Morgan fingerprint density at radius 3 is 2.17 bits per heavy atom. The highest BCUT2D eigenvalue weighted by Crippen LogP contribution is 2.36. The zero-order valence-electron chi connectivity index (χ0n) is 19.1.